The largest absolute Gasteiger partial charge is 0.573 e. The molecule has 0 saturated carbocycles. The molecule has 0 amide bonds. The molecule has 0 aliphatic carbocycles. The van der Waals surface area contributed by atoms with E-state index in [1.54, 1.807) is 13.0 Å². The van der Waals surface area contributed by atoms with Crippen LogP contribution in [0.1, 0.15) is 17.4 Å². The molecule has 6 heteroatoms. The van der Waals surface area contributed by atoms with Crippen LogP contribution in [0.3, 0.4) is 0 Å². The molecule has 0 spiro atoms. The molecule has 1 aromatic carbocycles. The van der Waals surface area contributed by atoms with Crippen LogP contribution < -0.4 is 4.74 Å². The molecular formula is C12H10BrF3OS. The number of benzene rings is 1. The number of halogens is 4. The number of alkyl halides is 3. The first-order valence-corrected chi connectivity index (χ1v) is 6.90. The lowest BCUT2D eigenvalue weighted by molar-refractivity contribution is -0.274. The van der Waals surface area contributed by atoms with Crippen LogP contribution in [0.4, 0.5) is 13.2 Å². The second-order valence-electron chi connectivity index (χ2n) is 3.84. The Morgan fingerprint density at radius 1 is 1.33 bits per heavy atom. The second-order valence-corrected chi connectivity index (χ2v) is 5.92. The summed E-state index contributed by atoms with van der Waals surface area (Å²) in [5.41, 5.74) is 0.971. The zero-order chi connectivity index (χ0) is 13.5. The Kier molecular flexibility index (Phi) is 3.60. The second kappa shape index (κ2) is 4.74. The molecule has 2 aromatic rings. The van der Waals surface area contributed by atoms with Crippen molar-refractivity contribution in [3.05, 3.63) is 27.0 Å². The fraction of sp³-hybridized carbons (Fsp3) is 0.333. The van der Waals surface area contributed by atoms with Crippen molar-refractivity contribution in [2.45, 2.75) is 26.6 Å². The molecule has 0 bridgehead atoms. The van der Waals surface area contributed by atoms with E-state index in [1.165, 1.54) is 11.3 Å². The summed E-state index contributed by atoms with van der Waals surface area (Å²) in [6.07, 6.45) is -3.90. The smallest absolute Gasteiger partial charge is 0.404 e. The van der Waals surface area contributed by atoms with E-state index in [0.29, 0.717) is 10.3 Å². The van der Waals surface area contributed by atoms with Crippen LogP contribution in [0, 0.1) is 6.92 Å². The summed E-state index contributed by atoms with van der Waals surface area (Å²) < 4.78 is 42.9. The van der Waals surface area contributed by atoms with Gasteiger partial charge in [-0.3, -0.25) is 0 Å². The van der Waals surface area contributed by atoms with Crippen LogP contribution in [-0.2, 0) is 6.42 Å². The summed E-state index contributed by atoms with van der Waals surface area (Å²) in [6, 6.07) is 3.68. The zero-order valence-electron chi connectivity index (χ0n) is 9.69. The maximum atomic E-state index is 12.4. The SMILES string of the molecule is CCc1cc(Br)c2sc(C)c(OC(F)(F)F)c2c1. The molecule has 1 nitrogen and oxygen atoms in total. The molecular weight excluding hydrogens is 329 g/mol. The normalized spacial score (nSPS) is 12.1. The Morgan fingerprint density at radius 3 is 2.56 bits per heavy atom. The molecule has 1 heterocycles. The van der Waals surface area contributed by atoms with Gasteiger partial charge in [0.2, 0.25) is 0 Å². The Balaban J connectivity index is 2.65. The number of hydrogen-bond donors (Lipinski definition) is 0. The van der Waals surface area contributed by atoms with E-state index in [9.17, 15) is 13.2 Å². The van der Waals surface area contributed by atoms with Gasteiger partial charge in [0.15, 0.2) is 5.75 Å². The highest BCUT2D eigenvalue weighted by Gasteiger charge is 2.33. The third-order valence-electron chi connectivity index (χ3n) is 2.55. The summed E-state index contributed by atoms with van der Waals surface area (Å²) in [7, 11) is 0. The Bertz CT molecular complexity index is 589. The number of thiophene rings is 1. The third kappa shape index (κ3) is 2.64. The van der Waals surface area contributed by atoms with Gasteiger partial charge in [-0.05, 0) is 47.0 Å². The first kappa shape index (κ1) is 13.7. The van der Waals surface area contributed by atoms with E-state index in [2.05, 4.69) is 20.7 Å². The lowest BCUT2D eigenvalue weighted by atomic mass is 10.1. The molecule has 2 rings (SSSR count). The third-order valence-corrected chi connectivity index (χ3v) is 4.57. The van der Waals surface area contributed by atoms with Crippen LogP contribution >= 0.6 is 27.3 Å². The molecule has 0 aliphatic rings. The van der Waals surface area contributed by atoms with Gasteiger partial charge in [-0.1, -0.05) is 6.92 Å². The Hall–Kier alpha value is -0.750. The van der Waals surface area contributed by atoms with Crippen LogP contribution in [0.5, 0.6) is 5.75 Å². The summed E-state index contributed by atoms with van der Waals surface area (Å²) in [4.78, 5) is 0.524. The van der Waals surface area contributed by atoms with Gasteiger partial charge >= 0.3 is 6.36 Å². The maximum Gasteiger partial charge on any atom is 0.573 e. The van der Waals surface area contributed by atoms with Gasteiger partial charge in [0.1, 0.15) is 0 Å². The highest BCUT2D eigenvalue weighted by atomic mass is 79.9. The molecule has 0 unspecified atom stereocenters. The molecule has 0 N–H and O–H groups in total. The van der Waals surface area contributed by atoms with Gasteiger partial charge in [-0.25, -0.2) is 0 Å². The van der Waals surface area contributed by atoms with Crippen molar-refractivity contribution in [2.24, 2.45) is 0 Å². The first-order valence-electron chi connectivity index (χ1n) is 5.29. The van der Waals surface area contributed by atoms with E-state index >= 15 is 0 Å². The monoisotopic (exact) mass is 338 g/mol. The minimum Gasteiger partial charge on any atom is -0.404 e. The predicted molar refractivity (Wildman–Crippen MR) is 70.3 cm³/mol. The van der Waals surface area contributed by atoms with Gasteiger partial charge in [0, 0.05) is 14.7 Å². The molecule has 0 saturated heterocycles. The summed E-state index contributed by atoms with van der Waals surface area (Å²) in [6.45, 7) is 3.58. The quantitative estimate of drug-likeness (QED) is 0.709. The molecule has 0 aliphatic heterocycles. The number of ether oxygens (including phenoxy) is 1. The van der Waals surface area contributed by atoms with Gasteiger partial charge in [0.05, 0.1) is 4.70 Å². The van der Waals surface area contributed by atoms with Gasteiger partial charge in [-0.2, -0.15) is 0 Å². The molecule has 0 atom stereocenters. The van der Waals surface area contributed by atoms with Crippen LogP contribution in [0.15, 0.2) is 16.6 Å². The fourth-order valence-corrected chi connectivity index (χ4v) is 3.48. The Labute approximate surface area is 115 Å². The van der Waals surface area contributed by atoms with Crippen LogP contribution in [0.25, 0.3) is 10.1 Å². The summed E-state index contributed by atoms with van der Waals surface area (Å²) in [5.74, 6) is -0.0847. The first-order chi connectivity index (χ1) is 8.31. The molecule has 18 heavy (non-hydrogen) atoms. The van der Waals surface area contributed by atoms with Crippen molar-refractivity contribution in [2.75, 3.05) is 0 Å². The van der Waals surface area contributed by atoms with Crippen molar-refractivity contribution in [1.82, 2.24) is 0 Å². The zero-order valence-corrected chi connectivity index (χ0v) is 12.1. The van der Waals surface area contributed by atoms with Gasteiger partial charge in [0.25, 0.3) is 0 Å². The number of fused-ring (bicyclic) bond motifs is 1. The summed E-state index contributed by atoms with van der Waals surface area (Å²) in [5, 5.41) is 0.515. The average molecular weight is 339 g/mol. The van der Waals surface area contributed by atoms with E-state index < -0.39 is 6.36 Å². The van der Waals surface area contributed by atoms with Gasteiger partial charge in [-0.15, -0.1) is 24.5 Å². The Morgan fingerprint density at radius 2 is 2.00 bits per heavy atom. The summed E-state index contributed by atoms with van der Waals surface area (Å²) >= 11 is 4.68. The molecule has 0 fully saturated rings. The topological polar surface area (TPSA) is 9.23 Å². The van der Waals surface area contributed by atoms with Crippen molar-refractivity contribution < 1.29 is 17.9 Å². The van der Waals surface area contributed by atoms with Crippen molar-refractivity contribution in [3.63, 3.8) is 0 Å². The predicted octanol–water partition coefficient (Wildman–Crippen LogP) is 5.43. The minimum atomic E-state index is -4.66. The number of rotatable bonds is 2. The van der Waals surface area contributed by atoms with E-state index in [0.717, 1.165) is 21.2 Å². The average Bonchev–Trinajstić information content (AvgIpc) is 2.55. The highest BCUT2D eigenvalue weighted by molar-refractivity contribution is 9.10. The van der Waals surface area contributed by atoms with Crippen LogP contribution in [0.2, 0.25) is 0 Å². The fourth-order valence-electron chi connectivity index (χ4n) is 1.76. The van der Waals surface area contributed by atoms with Gasteiger partial charge < -0.3 is 4.74 Å². The lowest BCUT2D eigenvalue weighted by Crippen LogP contribution is -2.17. The van der Waals surface area contributed by atoms with E-state index in [1.807, 2.05) is 13.0 Å². The minimum absolute atomic E-state index is 0.0847. The lowest BCUT2D eigenvalue weighted by Gasteiger charge is -2.09. The molecule has 1 aromatic heterocycles. The standard InChI is InChI=1S/C12H10BrF3OS/c1-3-7-4-8-10(17-12(14,15)16)6(2)18-11(8)9(13)5-7/h4-5H,3H2,1-2H3. The number of hydrogen-bond acceptors (Lipinski definition) is 2. The molecule has 0 radical (unpaired) electrons. The van der Waals surface area contributed by atoms with Crippen molar-refractivity contribution >= 4 is 37.4 Å². The molecule has 98 valence electrons. The highest BCUT2D eigenvalue weighted by Crippen LogP contribution is 2.43. The van der Waals surface area contributed by atoms with Crippen molar-refractivity contribution in [3.8, 4) is 5.75 Å². The van der Waals surface area contributed by atoms with Crippen LogP contribution in [-0.4, -0.2) is 6.36 Å². The number of aryl methyl sites for hydroxylation is 2. The maximum absolute atomic E-state index is 12.4. The van der Waals surface area contributed by atoms with E-state index in [4.69, 9.17) is 0 Å². The van der Waals surface area contributed by atoms with Crippen molar-refractivity contribution in [1.29, 1.82) is 0 Å². The van der Waals surface area contributed by atoms with E-state index in [-0.39, 0.29) is 5.75 Å².